The Balaban J connectivity index is 3.05. The molecule has 14 heavy (non-hydrogen) atoms. The first kappa shape index (κ1) is 10.7. The van der Waals surface area contributed by atoms with Gasteiger partial charge in [-0.1, -0.05) is 23.8 Å². The highest BCUT2D eigenvalue weighted by Gasteiger charge is 2.16. The molecule has 0 aliphatic carbocycles. The summed E-state index contributed by atoms with van der Waals surface area (Å²) in [6.45, 7) is 3.87. The number of rotatable bonds is 2. The fourth-order valence-electron chi connectivity index (χ4n) is 1.33. The summed E-state index contributed by atoms with van der Waals surface area (Å²) in [5, 5.41) is 0. The Bertz CT molecular complexity index is 349. The maximum absolute atomic E-state index is 11.2. The van der Waals surface area contributed by atoms with Gasteiger partial charge in [-0.25, -0.2) is 5.84 Å². The lowest BCUT2D eigenvalue weighted by Crippen LogP contribution is -2.38. The topological polar surface area (TPSA) is 81.1 Å². The Morgan fingerprint density at radius 1 is 1.43 bits per heavy atom. The van der Waals surface area contributed by atoms with Crippen LogP contribution in [0.5, 0.6) is 0 Å². The number of hydrogen-bond donors (Lipinski definition) is 3. The Hall–Kier alpha value is -1.39. The molecule has 1 atom stereocenters. The van der Waals surface area contributed by atoms with E-state index in [2.05, 4.69) is 0 Å². The van der Waals surface area contributed by atoms with E-state index in [1.54, 1.807) is 0 Å². The highest BCUT2D eigenvalue weighted by Crippen LogP contribution is 2.17. The molecule has 1 amide bonds. The Morgan fingerprint density at radius 2 is 2.07 bits per heavy atom. The van der Waals surface area contributed by atoms with E-state index in [1.807, 2.05) is 37.5 Å². The highest BCUT2D eigenvalue weighted by molar-refractivity contribution is 5.82. The average molecular weight is 193 g/mol. The minimum absolute atomic E-state index is 0.376. The van der Waals surface area contributed by atoms with Crippen LogP contribution in [0.25, 0.3) is 0 Å². The second-order valence-corrected chi connectivity index (χ2v) is 3.35. The minimum atomic E-state index is -0.695. The molecule has 0 aromatic heterocycles. The zero-order chi connectivity index (χ0) is 10.7. The van der Waals surface area contributed by atoms with Crippen LogP contribution in [0.1, 0.15) is 22.7 Å². The first-order valence-corrected chi connectivity index (χ1v) is 4.39. The molecule has 0 aliphatic rings. The predicted molar refractivity (Wildman–Crippen MR) is 55.2 cm³/mol. The summed E-state index contributed by atoms with van der Waals surface area (Å²) >= 11 is 0. The molecule has 1 rings (SSSR count). The van der Waals surface area contributed by atoms with E-state index in [0.29, 0.717) is 0 Å². The van der Waals surface area contributed by atoms with Crippen LogP contribution in [0.15, 0.2) is 18.2 Å². The lowest BCUT2D eigenvalue weighted by atomic mass is 9.99. The Labute approximate surface area is 83.3 Å². The van der Waals surface area contributed by atoms with Gasteiger partial charge < -0.3 is 5.73 Å². The van der Waals surface area contributed by atoms with E-state index in [4.69, 9.17) is 11.6 Å². The van der Waals surface area contributed by atoms with Gasteiger partial charge in [-0.15, -0.1) is 0 Å². The lowest BCUT2D eigenvalue weighted by molar-refractivity contribution is -0.122. The number of hydrazine groups is 1. The van der Waals surface area contributed by atoms with Gasteiger partial charge in [0.1, 0.15) is 6.04 Å². The second-order valence-electron chi connectivity index (χ2n) is 3.35. The normalized spacial score (nSPS) is 12.3. The Kier molecular flexibility index (Phi) is 3.22. The third-order valence-electron chi connectivity index (χ3n) is 2.19. The highest BCUT2D eigenvalue weighted by atomic mass is 16.2. The van der Waals surface area contributed by atoms with Crippen molar-refractivity contribution in [2.75, 3.05) is 0 Å². The SMILES string of the molecule is Cc1ccc(C)c(C(N)C(=O)NN)c1. The van der Waals surface area contributed by atoms with Gasteiger partial charge in [-0.3, -0.25) is 10.2 Å². The number of nitrogens with two attached hydrogens (primary N) is 2. The molecule has 1 aromatic rings. The first-order chi connectivity index (χ1) is 6.56. The average Bonchev–Trinajstić information content (AvgIpc) is 2.19. The van der Waals surface area contributed by atoms with E-state index < -0.39 is 6.04 Å². The number of nitrogens with one attached hydrogen (secondary N) is 1. The molecule has 1 unspecified atom stereocenters. The summed E-state index contributed by atoms with van der Waals surface area (Å²) in [5.41, 5.74) is 10.7. The summed E-state index contributed by atoms with van der Waals surface area (Å²) < 4.78 is 0. The van der Waals surface area contributed by atoms with E-state index >= 15 is 0 Å². The second kappa shape index (κ2) is 4.21. The van der Waals surface area contributed by atoms with Gasteiger partial charge in [-0.2, -0.15) is 0 Å². The van der Waals surface area contributed by atoms with Crippen LogP contribution in [-0.4, -0.2) is 5.91 Å². The van der Waals surface area contributed by atoms with Gasteiger partial charge in [0, 0.05) is 0 Å². The molecule has 76 valence electrons. The number of amides is 1. The predicted octanol–water partition coefficient (Wildman–Crippen LogP) is 0.293. The van der Waals surface area contributed by atoms with Crippen molar-refractivity contribution < 1.29 is 4.79 Å². The summed E-state index contributed by atoms with van der Waals surface area (Å²) in [5.74, 6) is 4.64. The van der Waals surface area contributed by atoms with Gasteiger partial charge in [0.05, 0.1) is 0 Å². The van der Waals surface area contributed by atoms with Crippen molar-refractivity contribution in [2.45, 2.75) is 19.9 Å². The van der Waals surface area contributed by atoms with E-state index in [-0.39, 0.29) is 5.91 Å². The van der Waals surface area contributed by atoms with Gasteiger partial charge >= 0.3 is 0 Å². The van der Waals surface area contributed by atoms with Crippen LogP contribution in [0.2, 0.25) is 0 Å². The van der Waals surface area contributed by atoms with Gasteiger partial charge in [0.25, 0.3) is 5.91 Å². The van der Waals surface area contributed by atoms with E-state index in [0.717, 1.165) is 16.7 Å². The summed E-state index contributed by atoms with van der Waals surface area (Å²) in [4.78, 5) is 11.2. The minimum Gasteiger partial charge on any atom is -0.316 e. The van der Waals surface area contributed by atoms with Crippen molar-refractivity contribution in [3.63, 3.8) is 0 Å². The fraction of sp³-hybridized carbons (Fsp3) is 0.300. The van der Waals surface area contributed by atoms with Gasteiger partial charge in [0.2, 0.25) is 0 Å². The number of carbonyl (C=O) groups excluding carboxylic acids is 1. The fourth-order valence-corrected chi connectivity index (χ4v) is 1.33. The van der Waals surface area contributed by atoms with Gasteiger partial charge in [-0.05, 0) is 25.0 Å². The molecule has 5 N–H and O–H groups in total. The van der Waals surface area contributed by atoms with Crippen molar-refractivity contribution >= 4 is 5.91 Å². The molecule has 0 saturated carbocycles. The maximum Gasteiger partial charge on any atom is 0.255 e. The lowest BCUT2D eigenvalue weighted by Gasteiger charge is -2.13. The monoisotopic (exact) mass is 193 g/mol. The smallest absolute Gasteiger partial charge is 0.255 e. The van der Waals surface area contributed by atoms with Crippen LogP contribution in [0.3, 0.4) is 0 Å². The van der Waals surface area contributed by atoms with Crippen molar-refractivity contribution in [3.05, 3.63) is 34.9 Å². The summed E-state index contributed by atoms with van der Waals surface area (Å²) in [6, 6.07) is 5.12. The van der Waals surface area contributed by atoms with Crippen LogP contribution in [0.4, 0.5) is 0 Å². The molecule has 0 radical (unpaired) electrons. The van der Waals surface area contributed by atoms with Crippen molar-refractivity contribution in [1.29, 1.82) is 0 Å². The third-order valence-corrected chi connectivity index (χ3v) is 2.19. The first-order valence-electron chi connectivity index (χ1n) is 4.39. The van der Waals surface area contributed by atoms with E-state index in [1.165, 1.54) is 0 Å². The van der Waals surface area contributed by atoms with Gasteiger partial charge in [0.15, 0.2) is 0 Å². The van der Waals surface area contributed by atoms with Crippen molar-refractivity contribution in [1.82, 2.24) is 5.43 Å². The molecule has 0 saturated heterocycles. The molecule has 4 heteroatoms. The van der Waals surface area contributed by atoms with Crippen molar-refractivity contribution in [3.8, 4) is 0 Å². The zero-order valence-corrected chi connectivity index (χ0v) is 8.37. The van der Waals surface area contributed by atoms with Crippen LogP contribution in [-0.2, 0) is 4.79 Å². The molecule has 4 nitrogen and oxygen atoms in total. The van der Waals surface area contributed by atoms with Crippen LogP contribution < -0.4 is 17.0 Å². The quantitative estimate of drug-likeness (QED) is 0.359. The summed E-state index contributed by atoms with van der Waals surface area (Å²) in [6.07, 6.45) is 0. The molecular formula is C10H15N3O. The molecule has 0 bridgehead atoms. The van der Waals surface area contributed by atoms with Crippen LogP contribution >= 0.6 is 0 Å². The van der Waals surface area contributed by atoms with E-state index in [9.17, 15) is 4.79 Å². The summed E-state index contributed by atoms with van der Waals surface area (Å²) in [7, 11) is 0. The standard InChI is InChI=1S/C10H15N3O/c1-6-3-4-7(2)8(5-6)9(11)10(14)13-12/h3-5,9H,11-12H2,1-2H3,(H,13,14). The number of benzene rings is 1. The van der Waals surface area contributed by atoms with Crippen molar-refractivity contribution in [2.24, 2.45) is 11.6 Å². The number of hydrogen-bond acceptors (Lipinski definition) is 3. The molecule has 0 spiro atoms. The van der Waals surface area contributed by atoms with Crippen LogP contribution in [0, 0.1) is 13.8 Å². The largest absolute Gasteiger partial charge is 0.316 e. The Morgan fingerprint density at radius 3 is 2.64 bits per heavy atom. The maximum atomic E-state index is 11.2. The molecular weight excluding hydrogens is 178 g/mol. The number of carbonyl (C=O) groups is 1. The molecule has 0 heterocycles. The molecule has 0 aliphatic heterocycles. The number of aryl methyl sites for hydroxylation is 2. The third kappa shape index (κ3) is 2.10. The zero-order valence-electron chi connectivity index (χ0n) is 8.37. The molecule has 1 aromatic carbocycles. The molecule has 0 fully saturated rings.